The van der Waals surface area contributed by atoms with Crippen LogP contribution in [0.2, 0.25) is 0 Å². The molecule has 2 aromatic carbocycles. The maximum Gasteiger partial charge on any atom is 0.335 e. The van der Waals surface area contributed by atoms with Crippen molar-refractivity contribution >= 4 is 17.6 Å². The summed E-state index contributed by atoms with van der Waals surface area (Å²) in [5.41, 5.74) is 0.895. The van der Waals surface area contributed by atoms with E-state index in [1.807, 2.05) is 13.0 Å². The second-order valence-electron chi connectivity index (χ2n) is 4.27. The summed E-state index contributed by atoms with van der Waals surface area (Å²) in [6.07, 6.45) is 0. The maximum atomic E-state index is 12.2. The van der Waals surface area contributed by atoms with Gasteiger partial charge in [0.05, 0.1) is 17.9 Å². The maximum absolute atomic E-state index is 12.2. The molecule has 21 heavy (non-hydrogen) atoms. The van der Waals surface area contributed by atoms with Gasteiger partial charge in [-0.25, -0.2) is 4.79 Å². The lowest BCUT2D eigenvalue weighted by molar-refractivity contribution is 0.0697. The molecule has 2 N–H and O–H groups in total. The molecule has 0 aliphatic carbocycles. The number of benzene rings is 2. The number of para-hydroxylation sites is 2. The summed E-state index contributed by atoms with van der Waals surface area (Å²) in [6.45, 7) is 2.34. The highest BCUT2D eigenvalue weighted by Gasteiger charge is 2.11. The van der Waals surface area contributed by atoms with Crippen LogP contribution in [0.1, 0.15) is 27.6 Å². The molecule has 0 unspecified atom stereocenters. The number of carboxylic acid groups (broad SMARTS) is 1. The first-order chi connectivity index (χ1) is 10.1. The molecule has 0 saturated heterocycles. The Bertz CT molecular complexity index is 667. The predicted octanol–water partition coefficient (Wildman–Crippen LogP) is 3.04. The van der Waals surface area contributed by atoms with Crippen molar-refractivity contribution in [3.8, 4) is 5.75 Å². The number of ether oxygens (including phenoxy) is 1. The summed E-state index contributed by atoms with van der Waals surface area (Å²) in [6, 6.07) is 12.9. The van der Waals surface area contributed by atoms with Crippen molar-refractivity contribution in [3.05, 3.63) is 59.7 Å². The largest absolute Gasteiger partial charge is 0.492 e. The molecule has 0 aliphatic rings. The number of anilines is 1. The molecule has 0 bridgehead atoms. The van der Waals surface area contributed by atoms with Crippen LogP contribution in [0.3, 0.4) is 0 Å². The highest BCUT2D eigenvalue weighted by molar-refractivity contribution is 6.06. The third kappa shape index (κ3) is 3.60. The molecule has 0 aromatic heterocycles. The molecule has 0 spiro atoms. The first-order valence-corrected chi connectivity index (χ1v) is 6.48. The summed E-state index contributed by atoms with van der Waals surface area (Å²) >= 11 is 0. The highest BCUT2D eigenvalue weighted by Crippen LogP contribution is 2.24. The molecule has 2 rings (SSSR count). The Morgan fingerprint density at radius 3 is 2.52 bits per heavy atom. The minimum Gasteiger partial charge on any atom is -0.492 e. The summed E-state index contributed by atoms with van der Waals surface area (Å²) in [4.78, 5) is 23.1. The van der Waals surface area contributed by atoms with E-state index in [4.69, 9.17) is 9.84 Å². The van der Waals surface area contributed by atoms with Crippen molar-refractivity contribution in [2.24, 2.45) is 0 Å². The van der Waals surface area contributed by atoms with Crippen LogP contribution < -0.4 is 10.1 Å². The Balaban J connectivity index is 2.22. The van der Waals surface area contributed by atoms with Gasteiger partial charge in [-0.05, 0) is 37.3 Å². The van der Waals surface area contributed by atoms with Gasteiger partial charge in [0.2, 0.25) is 0 Å². The van der Waals surface area contributed by atoms with Gasteiger partial charge in [0.1, 0.15) is 5.75 Å². The second-order valence-corrected chi connectivity index (χ2v) is 4.27. The van der Waals surface area contributed by atoms with Crippen molar-refractivity contribution in [2.45, 2.75) is 6.92 Å². The Morgan fingerprint density at radius 1 is 1.10 bits per heavy atom. The molecule has 2 aromatic rings. The van der Waals surface area contributed by atoms with Gasteiger partial charge in [-0.15, -0.1) is 0 Å². The Kier molecular flexibility index (Phi) is 4.56. The fourth-order valence-electron chi connectivity index (χ4n) is 1.84. The first kappa shape index (κ1) is 14.6. The van der Waals surface area contributed by atoms with Gasteiger partial charge in [0.15, 0.2) is 0 Å². The fourth-order valence-corrected chi connectivity index (χ4v) is 1.84. The second kappa shape index (κ2) is 6.56. The standard InChI is InChI=1S/C16H15NO4/c1-2-21-14-9-4-3-8-13(14)17-15(18)11-6-5-7-12(10-11)16(19)20/h3-10H,2H2,1H3,(H,17,18)(H,19,20). The van der Waals surface area contributed by atoms with Crippen molar-refractivity contribution in [3.63, 3.8) is 0 Å². The average Bonchev–Trinajstić information content (AvgIpc) is 2.49. The zero-order chi connectivity index (χ0) is 15.2. The average molecular weight is 285 g/mol. The van der Waals surface area contributed by atoms with Gasteiger partial charge >= 0.3 is 5.97 Å². The van der Waals surface area contributed by atoms with E-state index in [1.54, 1.807) is 24.3 Å². The quantitative estimate of drug-likeness (QED) is 0.885. The van der Waals surface area contributed by atoms with E-state index in [1.165, 1.54) is 18.2 Å². The van der Waals surface area contributed by atoms with Gasteiger partial charge in [0.25, 0.3) is 5.91 Å². The minimum atomic E-state index is -1.07. The molecule has 5 nitrogen and oxygen atoms in total. The molecular formula is C16H15NO4. The number of amides is 1. The predicted molar refractivity (Wildman–Crippen MR) is 79.0 cm³/mol. The van der Waals surface area contributed by atoms with Gasteiger partial charge in [-0.3, -0.25) is 4.79 Å². The zero-order valence-electron chi connectivity index (χ0n) is 11.5. The van der Waals surface area contributed by atoms with Crippen molar-refractivity contribution in [1.29, 1.82) is 0 Å². The normalized spacial score (nSPS) is 9.95. The fraction of sp³-hybridized carbons (Fsp3) is 0.125. The van der Waals surface area contributed by atoms with Crippen LogP contribution in [-0.4, -0.2) is 23.6 Å². The monoisotopic (exact) mass is 285 g/mol. The molecule has 5 heteroatoms. The van der Waals surface area contributed by atoms with Crippen LogP contribution in [0.15, 0.2) is 48.5 Å². The van der Waals surface area contributed by atoms with Crippen LogP contribution in [0.5, 0.6) is 5.75 Å². The van der Waals surface area contributed by atoms with Crippen molar-refractivity contribution < 1.29 is 19.4 Å². The third-order valence-corrected chi connectivity index (χ3v) is 2.81. The lowest BCUT2D eigenvalue weighted by Crippen LogP contribution is -2.13. The number of aromatic carboxylic acids is 1. The molecule has 0 heterocycles. The van der Waals surface area contributed by atoms with Crippen LogP contribution >= 0.6 is 0 Å². The number of carbonyl (C=O) groups excluding carboxylic acids is 1. The van der Waals surface area contributed by atoms with Crippen molar-refractivity contribution in [1.82, 2.24) is 0 Å². The van der Waals surface area contributed by atoms with Crippen LogP contribution in [-0.2, 0) is 0 Å². The SMILES string of the molecule is CCOc1ccccc1NC(=O)c1cccc(C(=O)O)c1. The third-order valence-electron chi connectivity index (χ3n) is 2.81. The van der Waals surface area contributed by atoms with Crippen LogP contribution in [0, 0.1) is 0 Å². The molecule has 0 fully saturated rings. The highest BCUT2D eigenvalue weighted by atomic mass is 16.5. The lowest BCUT2D eigenvalue weighted by atomic mass is 10.1. The number of hydrogen-bond acceptors (Lipinski definition) is 3. The minimum absolute atomic E-state index is 0.0701. The molecular weight excluding hydrogens is 270 g/mol. The van der Waals surface area contributed by atoms with Gasteiger partial charge < -0.3 is 15.2 Å². The van der Waals surface area contributed by atoms with E-state index in [0.717, 1.165) is 0 Å². The zero-order valence-corrected chi connectivity index (χ0v) is 11.5. The van der Waals surface area contributed by atoms with Crippen molar-refractivity contribution in [2.75, 3.05) is 11.9 Å². The van der Waals surface area contributed by atoms with Crippen LogP contribution in [0.25, 0.3) is 0 Å². The van der Waals surface area contributed by atoms with E-state index in [0.29, 0.717) is 18.0 Å². The number of carbonyl (C=O) groups is 2. The Labute approximate surface area is 122 Å². The van der Waals surface area contributed by atoms with Crippen LogP contribution in [0.4, 0.5) is 5.69 Å². The van der Waals surface area contributed by atoms with E-state index in [9.17, 15) is 9.59 Å². The Morgan fingerprint density at radius 2 is 1.81 bits per heavy atom. The van der Waals surface area contributed by atoms with E-state index in [-0.39, 0.29) is 17.0 Å². The molecule has 0 radical (unpaired) electrons. The lowest BCUT2D eigenvalue weighted by Gasteiger charge is -2.11. The van der Waals surface area contributed by atoms with E-state index >= 15 is 0 Å². The van der Waals surface area contributed by atoms with E-state index < -0.39 is 5.97 Å². The smallest absolute Gasteiger partial charge is 0.335 e. The van der Waals surface area contributed by atoms with Gasteiger partial charge in [-0.1, -0.05) is 18.2 Å². The number of hydrogen-bond donors (Lipinski definition) is 2. The topological polar surface area (TPSA) is 75.6 Å². The van der Waals surface area contributed by atoms with E-state index in [2.05, 4.69) is 5.32 Å². The molecule has 1 amide bonds. The number of nitrogens with one attached hydrogen (secondary N) is 1. The number of carboxylic acids is 1. The summed E-state index contributed by atoms with van der Waals surface area (Å²) < 4.78 is 5.43. The first-order valence-electron chi connectivity index (χ1n) is 6.48. The van der Waals surface area contributed by atoms with Gasteiger partial charge in [0, 0.05) is 5.56 Å². The molecule has 0 aliphatic heterocycles. The molecule has 0 saturated carbocycles. The summed E-state index contributed by atoms with van der Waals surface area (Å²) in [5.74, 6) is -0.882. The number of rotatable bonds is 5. The molecule has 0 atom stereocenters. The molecule has 108 valence electrons. The van der Waals surface area contributed by atoms with Gasteiger partial charge in [-0.2, -0.15) is 0 Å². The summed E-state index contributed by atoms with van der Waals surface area (Å²) in [7, 11) is 0. The summed E-state index contributed by atoms with van der Waals surface area (Å²) in [5, 5.41) is 11.7. The Hall–Kier alpha value is -2.82.